The van der Waals surface area contributed by atoms with E-state index in [-0.39, 0.29) is 0 Å². The molecule has 6 aliphatic carbocycles. The summed E-state index contributed by atoms with van der Waals surface area (Å²) in [5.74, 6) is 3.96. The normalized spacial score (nSPS) is 21.7. The van der Waals surface area contributed by atoms with E-state index in [4.69, 9.17) is 8.83 Å². The Labute approximate surface area is 418 Å². The molecule has 0 spiro atoms. The second-order valence-corrected chi connectivity index (χ2v) is 24.3. The van der Waals surface area contributed by atoms with Gasteiger partial charge in [-0.25, -0.2) is 0 Å². The summed E-state index contributed by atoms with van der Waals surface area (Å²) in [5.41, 5.74) is 22.6. The lowest BCUT2D eigenvalue weighted by Gasteiger charge is -2.33. The standard InChI is InChI=1S/C68H78O2/c1-7-19-43(20-8-1)49-39-55(45-23-11-3-12-24-45)63(56(40-49)46-25-13-4-14-26-46)51-31-35-59-65-53(51)33-37-61-67(65)68-62(69-59)38-34-54-52(32-36-60(70-61)66(54)68)64-57(47-27-15-5-16-28-47)41-50(44-21-9-2-10-22-44)42-58(64)48-29-17-6-18-30-48/h31-48H,1-30H2. The molecule has 0 radical (unpaired) electrons. The van der Waals surface area contributed by atoms with Crippen molar-refractivity contribution in [2.45, 2.75) is 228 Å². The summed E-state index contributed by atoms with van der Waals surface area (Å²) in [5, 5.41) is 5.21. The van der Waals surface area contributed by atoms with Gasteiger partial charge in [-0.15, -0.1) is 0 Å². The van der Waals surface area contributed by atoms with Crippen LogP contribution < -0.4 is 0 Å². The third kappa shape index (κ3) is 7.68. The van der Waals surface area contributed by atoms with Crippen LogP contribution in [-0.2, 0) is 0 Å². The Morgan fingerprint density at radius 1 is 0.257 bits per heavy atom. The van der Waals surface area contributed by atoms with E-state index in [0.717, 1.165) is 22.3 Å². The molecule has 6 saturated carbocycles. The molecule has 0 amide bonds. The molecule has 8 aliphatic rings. The summed E-state index contributed by atoms with van der Waals surface area (Å²) in [6.07, 6.45) is 40.8. The third-order valence-corrected chi connectivity index (χ3v) is 20.2. The van der Waals surface area contributed by atoms with Crippen LogP contribution >= 0.6 is 0 Å². The zero-order valence-corrected chi connectivity index (χ0v) is 42.4. The lowest BCUT2D eigenvalue weighted by atomic mass is 9.71. The van der Waals surface area contributed by atoms with Crippen LogP contribution in [-0.4, -0.2) is 0 Å². The van der Waals surface area contributed by atoms with Gasteiger partial charge in [-0.1, -0.05) is 152 Å². The van der Waals surface area contributed by atoms with Crippen LogP contribution in [0.5, 0.6) is 0 Å². The lowest BCUT2D eigenvalue weighted by molar-refractivity contribution is 0.428. The van der Waals surface area contributed by atoms with E-state index in [2.05, 4.69) is 72.8 Å². The maximum Gasteiger partial charge on any atom is 0.136 e. The van der Waals surface area contributed by atoms with Crippen LogP contribution in [0.1, 0.15) is 262 Å². The van der Waals surface area contributed by atoms with Gasteiger partial charge < -0.3 is 8.83 Å². The Kier molecular flexibility index (Phi) is 11.9. The van der Waals surface area contributed by atoms with Crippen molar-refractivity contribution in [2.75, 3.05) is 0 Å². The first kappa shape index (κ1) is 44.2. The van der Waals surface area contributed by atoms with Crippen molar-refractivity contribution < 1.29 is 8.83 Å². The van der Waals surface area contributed by atoms with Crippen molar-refractivity contribution in [3.8, 4) is 33.4 Å². The van der Waals surface area contributed by atoms with Gasteiger partial charge in [0, 0.05) is 21.9 Å². The van der Waals surface area contributed by atoms with Gasteiger partial charge in [0.15, 0.2) is 0 Å². The van der Waals surface area contributed by atoms with Crippen molar-refractivity contribution in [3.05, 3.63) is 106 Å². The van der Waals surface area contributed by atoms with Gasteiger partial charge in [0.1, 0.15) is 22.3 Å². The van der Waals surface area contributed by atoms with Crippen LogP contribution in [0.4, 0.5) is 0 Å². The van der Waals surface area contributed by atoms with E-state index in [1.54, 1.807) is 44.5 Å². The molecule has 6 aromatic carbocycles. The minimum atomic E-state index is 0.633. The molecule has 14 rings (SSSR count). The summed E-state index contributed by atoms with van der Waals surface area (Å²) < 4.78 is 14.5. The van der Waals surface area contributed by atoms with Gasteiger partial charge in [-0.2, -0.15) is 0 Å². The van der Waals surface area contributed by atoms with Gasteiger partial charge >= 0.3 is 0 Å². The number of hydrogen-bond acceptors (Lipinski definition) is 2. The van der Waals surface area contributed by atoms with Crippen LogP contribution in [0.15, 0.2) is 81.6 Å². The average molecular weight is 927 g/mol. The van der Waals surface area contributed by atoms with Gasteiger partial charge in [0.05, 0.1) is 0 Å². The SMILES string of the molecule is c1c(C2CCCCC2)cc(C2CCCCC2)c(-c2ccc3oc4ccc5c(-c6c(C7CCCCC7)cc(C7CCCCC7)cc6C6CCCCC6)ccc6oc7ccc2c3c7-c4c65)c1C1CCCCC1. The molecule has 0 unspecified atom stereocenters. The third-order valence-electron chi connectivity index (χ3n) is 20.2. The average Bonchev–Trinajstić information content (AvgIpc) is 3.44. The molecule has 6 fully saturated rings. The lowest BCUT2D eigenvalue weighted by Crippen LogP contribution is -2.14. The number of rotatable bonds is 8. The highest BCUT2D eigenvalue weighted by Crippen LogP contribution is 2.56. The molecule has 2 nitrogen and oxygen atoms in total. The molecule has 0 aromatic heterocycles. The zero-order chi connectivity index (χ0) is 46.1. The highest BCUT2D eigenvalue weighted by atomic mass is 16.3. The molecule has 0 saturated heterocycles. The Morgan fingerprint density at radius 3 is 0.829 bits per heavy atom. The van der Waals surface area contributed by atoms with Crippen molar-refractivity contribution in [3.63, 3.8) is 0 Å². The molecule has 6 aromatic rings. The predicted molar refractivity (Wildman–Crippen MR) is 295 cm³/mol. The Bertz CT molecular complexity index is 2810. The van der Waals surface area contributed by atoms with Crippen LogP contribution in [0.25, 0.3) is 77.3 Å². The molecule has 362 valence electrons. The van der Waals surface area contributed by atoms with Gasteiger partial charge in [-0.3, -0.25) is 0 Å². The highest BCUT2D eigenvalue weighted by Gasteiger charge is 2.34. The summed E-state index contributed by atoms with van der Waals surface area (Å²) in [6.45, 7) is 0. The minimum absolute atomic E-state index is 0.633. The minimum Gasteiger partial charge on any atom is -0.456 e. The molecule has 2 heterocycles. The highest BCUT2D eigenvalue weighted by molar-refractivity contribution is 6.26. The van der Waals surface area contributed by atoms with Gasteiger partial charge in [-0.05, 0) is 215 Å². The van der Waals surface area contributed by atoms with Crippen molar-refractivity contribution in [1.82, 2.24) is 0 Å². The first-order valence-corrected chi connectivity index (χ1v) is 29.6. The predicted octanol–water partition coefficient (Wildman–Crippen LogP) is 21.6. The zero-order valence-electron chi connectivity index (χ0n) is 42.4. The Hall–Kier alpha value is -4.56. The smallest absolute Gasteiger partial charge is 0.136 e. The summed E-state index contributed by atoms with van der Waals surface area (Å²) >= 11 is 0. The summed E-state index contributed by atoms with van der Waals surface area (Å²) in [7, 11) is 0. The van der Waals surface area contributed by atoms with E-state index in [1.807, 2.05) is 0 Å². The molecule has 70 heavy (non-hydrogen) atoms. The maximum absolute atomic E-state index is 7.23. The molecule has 0 atom stereocenters. The molecule has 2 aliphatic heterocycles. The second kappa shape index (κ2) is 18.8. The van der Waals surface area contributed by atoms with Crippen molar-refractivity contribution in [1.29, 1.82) is 0 Å². The largest absolute Gasteiger partial charge is 0.456 e. The van der Waals surface area contributed by atoms with Crippen molar-refractivity contribution >= 4 is 43.9 Å². The number of hydrogen-bond donors (Lipinski definition) is 0. The first-order chi connectivity index (χ1) is 34.7. The quantitative estimate of drug-likeness (QED) is 0.112. The van der Waals surface area contributed by atoms with Crippen LogP contribution in [0, 0.1) is 0 Å². The monoisotopic (exact) mass is 927 g/mol. The van der Waals surface area contributed by atoms with Crippen LogP contribution in [0.3, 0.4) is 0 Å². The molecule has 2 heteroatoms. The van der Waals surface area contributed by atoms with Gasteiger partial charge in [0.2, 0.25) is 0 Å². The van der Waals surface area contributed by atoms with E-state index >= 15 is 0 Å². The summed E-state index contributed by atoms with van der Waals surface area (Å²) in [6, 6.07) is 30.3. The molecule has 0 bridgehead atoms. The summed E-state index contributed by atoms with van der Waals surface area (Å²) in [4.78, 5) is 0. The van der Waals surface area contributed by atoms with Crippen LogP contribution in [0.2, 0.25) is 0 Å². The van der Waals surface area contributed by atoms with Gasteiger partial charge in [0.25, 0.3) is 0 Å². The van der Waals surface area contributed by atoms with E-state index in [9.17, 15) is 0 Å². The van der Waals surface area contributed by atoms with E-state index in [0.29, 0.717) is 35.5 Å². The number of benzene rings is 6. The topological polar surface area (TPSA) is 26.3 Å². The molecular formula is C68H78O2. The fourth-order valence-electron chi connectivity index (χ4n) is 16.6. The Balaban J connectivity index is 0.990. The second-order valence-electron chi connectivity index (χ2n) is 24.3. The fraction of sp³-hybridized carbons (Fsp3) is 0.529. The van der Waals surface area contributed by atoms with Crippen molar-refractivity contribution in [2.24, 2.45) is 0 Å². The maximum atomic E-state index is 7.23. The Morgan fingerprint density at radius 2 is 0.529 bits per heavy atom. The molecule has 0 N–H and O–H groups in total. The van der Waals surface area contributed by atoms with E-state index in [1.165, 1.54) is 236 Å². The fourth-order valence-corrected chi connectivity index (χ4v) is 16.6. The first-order valence-electron chi connectivity index (χ1n) is 29.6. The van der Waals surface area contributed by atoms with E-state index < -0.39 is 0 Å². The molecular weight excluding hydrogens is 849 g/mol.